The van der Waals surface area contributed by atoms with Gasteiger partial charge >= 0.3 is 0 Å². The van der Waals surface area contributed by atoms with Gasteiger partial charge in [0.2, 0.25) is 5.91 Å². The molecule has 1 heterocycles. The van der Waals surface area contributed by atoms with Gasteiger partial charge in [0.15, 0.2) is 0 Å². The van der Waals surface area contributed by atoms with Gasteiger partial charge in [-0.15, -0.1) is 12.4 Å². The number of halogens is 1. The van der Waals surface area contributed by atoms with Crippen molar-refractivity contribution in [3.05, 3.63) is 52.2 Å². The van der Waals surface area contributed by atoms with Crippen molar-refractivity contribution < 1.29 is 4.79 Å². The topological polar surface area (TPSA) is 55.1 Å². The molecule has 3 nitrogen and oxygen atoms in total. The Labute approximate surface area is 116 Å². The number of carbonyl (C=O) groups is 1. The molecular formula is C13H15ClN2OS. The zero-order chi connectivity index (χ0) is 12.3. The van der Waals surface area contributed by atoms with Gasteiger partial charge in [0.25, 0.3) is 0 Å². The molecule has 96 valence electrons. The molecule has 3 N–H and O–H groups in total. The Hall–Kier alpha value is -1.36. The van der Waals surface area contributed by atoms with Crippen molar-refractivity contribution in [2.45, 2.75) is 13.0 Å². The van der Waals surface area contributed by atoms with E-state index in [9.17, 15) is 4.79 Å². The lowest BCUT2D eigenvalue weighted by Crippen LogP contribution is -2.11. The highest BCUT2D eigenvalue weighted by Gasteiger charge is 2.08. The zero-order valence-corrected chi connectivity index (χ0v) is 11.6. The molecule has 1 atom stereocenters. The standard InChI is InChI=1S/C13H14N2OS.ClH/c1-9(16)15-12-4-2-10(3-5-12)13(14)11-6-7-17-8-11;/h2-8,13H,14H2,1H3,(H,15,16);1H/t13-;/m1./s1. The number of amides is 1. The lowest BCUT2D eigenvalue weighted by atomic mass is 10.0. The normalized spacial score (nSPS) is 11.4. The maximum absolute atomic E-state index is 10.9. The molecule has 2 aromatic rings. The number of thiophene rings is 1. The van der Waals surface area contributed by atoms with Gasteiger partial charge in [-0.25, -0.2) is 0 Å². The number of anilines is 1. The summed E-state index contributed by atoms with van der Waals surface area (Å²) in [5.74, 6) is -0.0696. The fourth-order valence-corrected chi connectivity index (χ4v) is 2.32. The van der Waals surface area contributed by atoms with E-state index in [1.165, 1.54) is 6.92 Å². The van der Waals surface area contributed by atoms with E-state index in [-0.39, 0.29) is 24.4 Å². The molecule has 0 aliphatic heterocycles. The number of rotatable bonds is 3. The van der Waals surface area contributed by atoms with E-state index in [0.29, 0.717) is 0 Å². The van der Waals surface area contributed by atoms with Gasteiger partial charge in [0, 0.05) is 12.6 Å². The Morgan fingerprint density at radius 1 is 1.22 bits per heavy atom. The summed E-state index contributed by atoms with van der Waals surface area (Å²) >= 11 is 1.64. The first-order valence-electron chi connectivity index (χ1n) is 5.32. The second-order valence-electron chi connectivity index (χ2n) is 3.84. The van der Waals surface area contributed by atoms with Crippen LogP contribution >= 0.6 is 23.7 Å². The van der Waals surface area contributed by atoms with Gasteiger partial charge in [-0.2, -0.15) is 11.3 Å². The highest BCUT2D eigenvalue weighted by molar-refractivity contribution is 7.08. The van der Waals surface area contributed by atoms with Crippen LogP contribution in [0.5, 0.6) is 0 Å². The van der Waals surface area contributed by atoms with Crippen molar-refractivity contribution >= 4 is 35.3 Å². The fraction of sp³-hybridized carbons (Fsp3) is 0.154. The second kappa shape index (κ2) is 6.54. The molecule has 0 saturated heterocycles. The Kier molecular flexibility index (Phi) is 5.34. The van der Waals surface area contributed by atoms with Crippen LogP contribution in [0.3, 0.4) is 0 Å². The SMILES string of the molecule is CC(=O)Nc1ccc([C@@H](N)c2ccsc2)cc1.Cl. The van der Waals surface area contributed by atoms with Gasteiger partial charge < -0.3 is 11.1 Å². The van der Waals surface area contributed by atoms with Crippen molar-refractivity contribution in [2.24, 2.45) is 5.73 Å². The molecule has 0 aliphatic rings. The third-order valence-electron chi connectivity index (χ3n) is 2.49. The summed E-state index contributed by atoms with van der Waals surface area (Å²) in [6, 6.07) is 9.53. The number of hydrogen-bond donors (Lipinski definition) is 2. The van der Waals surface area contributed by atoms with Gasteiger partial charge in [0.05, 0.1) is 6.04 Å². The van der Waals surface area contributed by atoms with E-state index in [1.807, 2.05) is 41.1 Å². The van der Waals surface area contributed by atoms with Crippen LogP contribution in [-0.2, 0) is 4.79 Å². The maximum Gasteiger partial charge on any atom is 0.221 e. The molecule has 0 radical (unpaired) electrons. The molecule has 1 amide bonds. The summed E-state index contributed by atoms with van der Waals surface area (Å²) in [5, 5.41) is 6.79. The predicted molar refractivity (Wildman–Crippen MR) is 78.3 cm³/mol. The van der Waals surface area contributed by atoms with Crippen LogP contribution in [0.1, 0.15) is 24.1 Å². The molecule has 5 heteroatoms. The van der Waals surface area contributed by atoms with E-state index in [0.717, 1.165) is 16.8 Å². The maximum atomic E-state index is 10.9. The predicted octanol–water partition coefficient (Wildman–Crippen LogP) is 3.18. The molecule has 0 unspecified atom stereocenters. The third-order valence-corrected chi connectivity index (χ3v) is 3.19. The molecule has 0 spiro atoms. The van der Waals surface area contributed by atoms with Crippen LogP contribution < -0.4 is 11.1 Å². The van der Waals surface area contributed by atoms with E-state index in [4.69, 9.17) is 5.73 Å². The minimum Gasteiger partial charge on any atom is -0.326 e. The summed E-state index contributed by atoms with van der Waals surface area (Å²) in [6.07, 6.45) is 0. The molecule has 0 saturated carbocycles. The number of hydrogen-bond acceptors (Lipinski definition) is 3. The van der Waals surface area contributed by atoms with Crippen LogP contribution in [0.4, 0.5) is 5.69 Å². The van der Waals surface area contributed by atoms with E-state index in [1.54, 1.807) is 11.3 Å². The molecule has 2 rings (SSSR count). The number of benzene rings is 1. The Morgan fingerprint density at radius 3 is 2.39 bits per heavy atom. The third kappa shape index (κ3) is 3.57. The second-order valence-corrected chi connectivity index (χ2v) is 4.62. The highest BCUT2D eigenvalue weighted by atomic mass is 35.5. The van der Waals surface area contributed by atoms with Gasteiger partial charge in [-0.3, -0.25) is 4.79 Å². The summed E-state index contributed by atoms with van der Waals surface area (Å²) in [6.45, 7) is 1.49. The van der Waals surface area contributed by atoms with E-state index in [2.05, 4.69) is 5.32 Å². The number of carbonyl (C=O) groups excluding carboxylic acids is 1. The van der Waals surface area contributed by atoms with Crippen molar-refractivity contribution in [3.8, 4) is 0 Å². The minimum absolute atomic E-state index is 0. The molecule has 1 aromatic carbocycles. The van der Waals surface area contributed by atoms with Crippen LogP contribution in [0, 0.1) is 0 Å². The molecule has 1 aromatic heterocycles. The quantitative estimate of drug-likeness (QED) is 0.908. The lowest BCUT2D eigenvalue weighted by Gasteiger charge is -2.11. The number of nitrogens with two attached hydrogens (primary N) is 1. The first-order valence-corrected chi connectivity index (χ1v) is 6.26. The van der Waals surface area contributed by atoms with Gasteiger partial charge in [-0.05, 0) is 40.1 Å². The van der Waals surface area contributed by atoms with Crippen LogP contribution in [0.25, 0.3) is 0 Å². The fourth-order valence-electron chi connectivity index (χ4n) is 1.62. The average molecular weight is 283 g/mol. The van der Waals surface area contributed by atoms with Crippen LogP contribution in [-0.4, -0.2) is 5.91 Å². The van der Waals surface area contributed by atoms with Crippen molar-refractivity contribution in [1.29, 1.82) is 0 Å². The first kappa shape index (κ1) is 14.7. The number of nitrogens with one attached hydrogen (secondary N) is 1. The minimum atomic E-state index is -0.104. The first-order chi connectivity index (χ1) is 8.16. The van der Waals surface area contributed by atoms with Crippen molar-refractivity contribution in [2.75, 3.05) is 5.32 Å². The summed E-state index contributed by atoms with van der Waals surface area (Å²) < 4.78 is 0. The molecule has 0 bridgehead atoms. The molecule has 0 aliphatic carbocycles. The smallest absolute Gasteiger partial charge is 0.221 e. The van der Waals surface area contributed by atoms with E-state index < -0.39 is 0 Å². The van der Waals surface area contributed by atoms with E-state index >= 15 is 0 Å². The highest BCUT2D eigenvalue weighted by Crippen LogP contribution is 2.22. The summed E-state index contributed by atoms with van der Waals surface area (Å²) in [5.41, 5.74) is 9.07. The molecular weight excluding hydrogens is 268 g/mol. The summed E-state index contributed by atoms with van der Waals surface area (Å²) in [4.78, 5) is 10.9. The molecule has 18 heavy (non-hydrogen) atoms. The Morgan fingerprint density at radius 2 is 1.89 bits per heavy atom. The molecule has 0 fully saturated rings. The summed E-state index contributed by atoms with van der Waals surface area (Å²) in [7, 11) is 0. The Bertz CT molecular complexity index is 496. The average Bonchev–Trinajstić information content (AvgIpc) is 2.82. The zero-order valence-electron chi connectivity index (χ0n) is 9.92. The van der Waals surface area contributed by atoms with Crippen LogP contribution in [0.2, 0.25) is 0 Å². The van der Waals surface area contributed by atoms with Gasteiger partial charge in [0.1, 0.15) is 0 Å². The monoisotopic (exact) mass is 282 g/mol. The largest absolute Gasteiger partial charge is 0.326 e. The van der Waals surface area contributed by atoms with Crippen molar-refractivity contribution in [3.63, 3.8) is 0 Å². The van der Waals surface area contributed by atoms with Crippen molar-refractivity contribution in [1.82, 2.24) is 0 Å². The van der Waals surface area contributed by atoms with Gasteiger partial charge in [-0.1, -0.05) is 12.1 Å². The Balaban J connectivity index is 0.00000162. The lowest BCUT2D eigenvalue weighted by molar-refractivity contribution is -0.114. The van der Waals surface area contributed by atoms with Crippen LogP contribution in [0.15, 0.2) is 41.1 Å².